The van der Waals surface area contributed by atoms with E-state index in [9.17, 15) is 4.79 Å². The monoisotopic (exact) mass is 207 g/mol. The highest BCUT2D eigenvalue weighted by Crippen LogP contribution is 2.14. The van der Waals surface area contributed by atoms with Gasteiger partial charge in [0.15, 0.2) is 0 Å². The van der Waals surface area contributed by atoms with Crippen LogP contribution in [0.2, 0.25) is 0 Å². The fourth-order valence-electron chi connectivity index (χ4n) is 0.850. The van der Waals surface area contributed by atoms with Crippen LogP contribution in [-0.4, -0.2) is 12.6 Å². The molecule has 0 bridgehead atoms. The fourth-order valence-corrected chi connectivity index (χ4v) is 1.50. The standard InChI is InChI=1S/C10H9NO2S/c1-3-13-10(12)9(11-2)7-8-5-4-6-14-8/h4-7H,3H2,1H3. The first kappa shape index (κ1) is 10.5. The van der Waals surface area contributed by atoms with Crippen molar-refractivity contribution in [1.29, 1.82) is 0 Å². The zero-order valence-corrected chi connectivity index (χ0v) is 8.50. The number of thiophene rings is 1. The average molecular weight is 207 g/mol. The zero-order valence-electron chi connectivity index (χ0n) is 7.69. The Balaban J connectivity index is 2.83. The topological polar surface area (TPSA) is 30.7 Å². The second-order valence-corrected chi connectivity index (χ2v) is 3.36. The van der Waals surface area contributed by atoms with Gasteiger partial charge in [-0.2, -0.15) is 0 Å². The number of rotatable bonds is 3. The summed E-state index contributed by atoms with van der Waals surface area (Å²) in [6.45, 7) is 8.83. The fraction of sp³-hybridized carbons (Fsp3) is 0.200. The summed E-state index contributed by atoms with van der Waals surface area (Å²) >= 11 is 1.47. The minimum Gasteiger partial charge on any atom is -0.471 e. The van der Waals surface area contributed by atoms with Crippen LogP contribution >= 0.6 is 11.3 Å². The molecule has 1 aromatic rings. The molecule has 4 heteroatoms. The summed E-state index contributed by atoms with van der Waals surface area (Å²) in [6, 6.07) is 3.71. The van der Waals surface area contributed by atoms with E-state index in [4.69, 9.17) is 11.3 Å². The van der Waals surface area contributed by atoms with Gasteiger partial charge in [0, 0.05) is 4.88 Å². The van der Waals surface area contributed by atoms with Crippen LogP contribution in [0.5, 0.6) is 0 Å². The first-order chi connectivity index (χ1) is 6.77. The Morgan fingerprint density at radius 2 is 2.57 bits per heavy atom. The predicted octanol–water partition coefficient (Wildman–Crippen LogP) is 2.57. The van der Waals surface area contributed by atoms with Crippen LogP contribution in [0.25, 0.3) is 10.9 Å². The number of hydrogen-bond acceptors (Lipinski definition) is 3. The number of hydrogen-bond donors (Lipinski definition) is 0. The van der Waals surface area contributed by atoms with Crippen LogP contribution in [-0.2, 0) is 9.53 Å². The van der Waals surface area contributed by atoms with Crippen LogP contribution in [0.15, 0.2) is 23.2 Å². The maximum absolute atomic E-state index is 11.2. The van der Waals surface area contributed by atoms with E-state index >= 15 is 0 Å². The molecule has 0 saturated heterocycles. The van der Waals surface area contributed by atoms with Crippen molar-refractivity contribution in [2.75, 3.05) is 6.61 Å². The predicted molar refractivity (Wildman–Crippen MR) is 55.5 cm³/mol. The number of carbonyl (C=O) groups is 1. The van der Waals surface area contributed by atoms with E-state index in [1.165, 1.54) is 17.4 Å². The average Bonchev–Trinajstić information content (AvgIpc) is 2.66. The number of carbonyl (C=O) groups excluding carboxylic acids is 1. The molecule has 0 radical (unpaired) electrons. The van der Waals surface area contributed by atoms with Gasteiger partial charge in [0.05, 0.1) is 13.2 Å². The molecule has 0 aliphatic heterocycles. The van der Waals surface area contributed by atoms with E-state index < -0.39 is 5.97 Å². The van der Waals surface area contributed by atoms with Crippen LogP contribution in [0.3, 0.4) is 0 Å². The van der Waals surface area contributed by atoms with Gasteiger partial charge in [0.2, 0.25) is 0 Å². The molecule has 0 aliphatic carbocycles. The summed E-state index contributed by atoms with van der Waals surface area (Å²) in [6.07, 6.45) is 1.54. The van der Waals surface area contributed by atoms with Crippen molar-refractivity contribution in [2.24, 2.45) is 0 Å². The lowest BCUT2D eigenvalue weighted by Crippen LogP contribution is -2.04. The third-order valence-electron chi connectivity index (χ3n) is 1.43. The normalized spacial score (nSPS) is 10.7. The largest absolute Gasteiger partial charge is 0.471 e. The Hall–Kier alpha value is -1.60. The second kappa shape index (κ2) is 5.20. The maximum Gasteiger partial charge on any atom is 0.336 e. The molecule has 0 spiro atoms. The van der Waals surface area contributed by atoms with Gasteiger partial charge in [-0.05, 0) is 24.4 Å². The molecule has 0 N–H and O–H groups in total. The van der Waals surface area contributed by atoms with Crippen LogP contribution in [0.4, 0.5) is 0 Å². The molecule has 0 unspecified atom stereocenters. The minimum atomic E-state index is -0.559. The zero-order chi connectivity index (χ0) is 10.4. The minimum absolute atomic E-state index is 0.0225. The van der Waals surface area contributed by atoms with Gasteiger partial charge in [-0.3, -0.25) is 4.79 Å². The van der Waals surface area contributed by atoms with E-state index in [2.05, 4.69) is 4.85 Å². The Kier molecular flexibility index (Phi) is 3.89. The molecular formula is C10H9NO2S. The molecular weight excluding hydrogens is 198 g/mol. The highest BCUT2D eigenvalue weighted by atomic mass is 32.1. The molecule has 14 heavy (non-hydrogen) atoms. The molecule has 72 valence electrons. The molecule has 0 aromatic carbocycles. The lowest BCUT2D eigenvalue weighted by atomic mass is 10.3. The number of esters is 1. The van der Waals surface area contributed by atoms with E-state index in [1.807, 2.05) is 17.5 Å². The summed E-state index contributed by atoms with van der Waals surface area (Å²) in [5, 5.41) is 1.89. The van der Waals surface area contributed by atoms with Crippen molar-refractivity contribution >= 4 is 23.4 Å². The van der Waals surface area contributed by atoms with Crippen LogP contribution in [0.1, 0.15) is 11.8 Å². The third-order valence-corrected chi connectivity index (χ3v) is 2.25. The van der Waals surface area contributed by atoms with Crippen molar-refractivity contribution in [3.8, 4) is 0 Å². The van der Waals surface area contributed by atoms with E-state index in [-0.39, 0.29) is 12.3 Å². The molecule has 0 amide bonds. The smallest absolute Gasteiger partial charge is 0.336 e. The summed E-state index contributed by atoms with van der Waals surface area (Å²) in [5.41, 5.74) is 0.0225. The van der Waals surface area contributed by atoms with Gasteiger partial charge < -0.3 is 4.74 Å². The molecule has 1 heterocycles. The van der Waals surface area contributed by atoms with Gasteiger partial charge in [-0.15, -0.1) is 11.3 Å². The highest BCUT2D eigenvalue weighted by molar-refractivity contribution is 7.10. The molecule has 1 rings (SSSR count). The lowest BCUT2D eigenvalue weighted by Gasteiger charge is -1.98. The van der Waals surface area contributed by atoms with Gasteiger partial charge in [-0.1, -0.05) is 6.07 Å². The van der Waals surface area contributed by atoms with Gasteiger partial charge in [0.25, 0.3) is 5.70 Å². The molecule has 3 nitrogen and oxygen atoms in total. The van der Waals surface area contributed by atoms with Gasteiger partial charge in [0.1, 0.15) is 0 Å². The van der Waals surface area contributed by atoms with E-state index in [0.717, 1.165) is 4.88 Å². The van der Waals surface area contributed by atoms with Gasteiger partial charge in [-0.25, -0.2) is 4.85 Å². The van der Waals surface area contributed by atoms with Crippen LogP contribution in [0, 0.1) is 6.57 Å². The molecule has 0 atom stereocenters. The molecule has 0 aliphatic rings. The Labute approximate surface area is 86.4 Å². The molecule has 1 aromatic heterocycles. The van der Waals surface area contributed by atoms with Crippen molar-refractivity contribution < 1.29 is 9.53 Å². The number of ether oxygens (including phenoxy) is 1. The SMILES string of the molecule is [C-]#[N+]C(=Cc1cccs1)C(=O)OCC. The maximum atomic E-state index is 11.2. The quantitative estimate of drug-likeness (QED) is 0.433. The Bertz CT molecular complexity index is 373. The highest BCUT2D eigenvalue weighted by Gasteiger charge is 2.10. The summed E-state index contributed by atoms with van der Waals surface area (Å²) in [7, 11) is 0. The van der Waals surface area contributed by atoms with E-state index in [1.54, 1.807) is 6.92 Å². The number of nitrogens with zero attached hydrogens (tertiary/aromatic N) is 1. The third kappa shape index (κ3) is 2.71. The van der Waals surface area contributed by atoms with Crippen molar-refractivity contribution in [1.82, 2.24) is 0 Å². The Morgan fingerprint density at radius 3 is 3.07 bits per heavy atom. The van der Waals surface area contributed by atoms with Crippen molar-refractivity contribution in [3.63, 3.8) is 0 Å². The summed E-state index contributed by atoms with van der Waals surface area (Å²) in [4.78, 5) is 15.2. The summed E-state index contributed by atoms with van der Waals surface area (Å²) < 4.78 is 4.73. The first-order valence-corrected chi connectivity index (χ1v) is 4.95. The first-order valence-electron chi connectivity index (χ1n) is 4.07. The van der Waals surface area contributed by atoms with Crippen molar-refractivity contribution in [2.45, 2.75) is 6.92 Å². The Morgan fingerprint density at radius 1 is 1.79 bits per heavy atom. The van der Waals surface area contributed by atoms with Gasteiger partial charge >= 0.3 is 5.97 Å². The molecule has 0 fully saturated rings. The molecule has 0 saturated carbocycles. The van der Waals surface area contributed by atoms with Crippen LogP contribution < -0.4 is 0 Å². The van der Waals surface area contributed by atoms with Crippen molar-refractivity contribution in [3.05, 3.63) is 39.5 Å². The lowest BCUT2D eigenvalue weighted by molar-refractivity contribution is -0.138. The summed E-state index contributed by atoms with van der Waals surface area (Å²) in [5.74, 6) is -0.559. The second-order valence-electron chi connectivity index (χ2n) is 2.38. The van der Waals surface area contributed by atoms with E-state index in [0.29, 0.717) is 0 Å².